The third-order valence-corrected chi connectivity index (χ3v) is 4.47. The number of benzene rings is 2. The van der Waals surface area contributed by atoms with Crippen LogP contribution in [0.4, 0.5) is 5.69 Å². The molecular formula is C23H28N2O3. The van der Waals surface area contributed by atoms with Gasteiger partial charge in [0.2, 0.25) is 5.91 Å². The Morgan fingerprint density at radius 3 is 2.14 bits per heavy atom. The maximum absolute atomic E-state index is 12.8. The summed E-state index contributed by atoms with van der Waals surface area (Å²) in [5.74, 6) is -2.49. The smallest absolute Gasteiger partial charge is 0.307 e. The van der Waals surface area contributed by atoms with E-state index in [-0.39, 0.29) is 11.8 Å². The number of amides is 1. The van der Waals surface area contributed by atoms with Gasteiger partial charge in [-0.25, -0.2) is 0 Å². The predicted octanol–water partition coefficient (Wildman–Crippen LogP) is 4.60. The molecule has 0 aromatic heterocycles. The van der Waals surface area contributed by atoms with Crippen molar-refractivity contribution in [2.75, 3.05) is 5.43 Å². The van der Waals surface area contributed by atoms with Crippen LogP contribution in [0, 0.1) is 17.8 Å². The highest BCUT2D eigenvalue weighted by atomic mass is 16.4. The van der Waals surface area contributed by atoms with Gasteiger partial charge in [-0.05, 0) is 36.5 Å². The first kappa shape index (κ1) is 21.2. The molecule has 2 aromatic rings. The summed E-state index contributed by atoms with van der Waals surface area (Å²) in [6, 6.07) is 18.9. The monoisotopic (exact) mass is 380 g/mol. The maximum Gasteiger partial charge on any atom is 0.307 e. The van der Waals surface area contributed by atoms with Crippen LogP contribution in [0.5, 0.6) is 0 Å². The summed E-state index contributed by atoms with van der Waals surface area (Å²) in [5, 5.41) is 9.75. The van der Waals surface area contributed by atoms with Crippen LogP contribution in [-0.4, -0.2) is 17.0 Å². The molecule has 0 aliphatic carbocycles. The Morgan fingerprint density at radius 2 is 1.57 bits per heavy atom. The minimum Gasteiger partial charge on any atom is -0.481 e. The van der Waals surface area contributed by atoms with Gasteiger partial charge in [-0.2, -0.15) is 0 Å². The average molecular weight is 380 g/mol. The highest BCUT2D eigenvalue weighted by molar-refractivity contribution is 5.85. The van der Waals surface area contributed by atoms with Crippen molar-refractivity contribution in [3.8, 4) is 0 Å². The molecule has 0 saturated carbocycles. The number of hydrogen-bond donors (Lipinski definition) is 3. The highest BCUT2D eigenvalue weighted by Gasteiger charge is 2.33. The number of carboxylic acid groups (broad SMARTS) is 1. The van der Waals surface area contributed by atoms with Gasteiger partial charge in [-0.1, -0.05) is 74.5 Å². The number of para-hydroxylation sites is 1. The molecule has 0 radical (unpaired) electrons. The SMILES string of the molecule is CC(C)CC(C(=O)NNc1ccccc1)[C@H](CC=Cc1ccccc1)C(=O)O. The summed E-state index contributed by atoms with van der Waals surface area (Å²) in [7, 11) is 0. The fourth-order valence-electron chi connectivity index (χ4n) is 3.06. The third-order valence-electron chi connectivity index (χ3n) is 4.47. The average Bonchev–Trinajstić information content (AvgIpc) is 2.69. The van der Waals surface area contributed by atoms with Gasteiger partial charge in [0, 0.05) is 0 Å². The summed E-state index contributed by atoms with van der Waals surface area (Å²) in [6.45, 7) is 3.98. The summed E-state index contributed by atoms with van der Waals surface area (Å²) in [6.07, 6.45) is 4.51. The molecule has 0 aliphatic rings. The molecule has 1 amide bonds. The van der Waals surface area contributed by atoms with Crippen molar-refractivity contribution < 1.29 is 14.7 Å². The first-order valence-electron chi connectivity index (χ1n) is 9.52. The number of carbonyl (C=O) groups is 2. The van der Waals surface area contributed by atoms with Crippen LogP contribution >= 0.6 is 0 Å². The highest BCUT2D eigenvalue weighted by Crippen LogP contribution is 2.25. The number of aliphatic carboxylic acids is 1. The van der Waals surface area contributed by atoms with E-state index in [1.807, 2.05) is 86.7 Å². The van der Waals surface area contributed by atoms with Gasteiger partial charge < -0.3 is 5.11 Å². The Kier molecular flexibility index (Phi) is 8.28. The Balaban J connectivity index is 2.08. The molecule has 3 N–H and O–H groups in total. The zero-order chi connectivity index (χ0) is 20.4. The second-order valence-corrected chi connectivity index (χ2v) is 7.21. The Bertz CT molecular complexity index is 773. The number of anilines is 1. The van der Waals surface area contributed by atoms with Gasteiger partial charge in [0.05, 0.1) is 17.5 Å². The van der Waals surface area contributed by atoms with Crippen molar-refractivity contribution in [2.45, 2.75) is 26.7 Å². The van der Waals surface area contributed by atoms with Crippen LogP contribution in [0.15, 0.2) is 66.7 Å². The van der Waals surface area contributed by atoms with E-state index < -0.39 is 17.8 Å². The Hall–Kier alpha value is -3.08. The largest absolute Gasteiger partial charge is 0.481 e. The van der Waals surface area contributed by atoms with Crippen LogP contribution in [0.25, 0.3) is 6.08 Å². The standard InChI is InChI=1S/C23H28N2O3/c1-17(2)16-21(22(26)25-24-19-13-7-4-8-14-19)20(23(27)28)15-9-12-18-10-5-3-6-11-18/h3-14,17,20-21,24H,15-16H2,1-2H3,(H,25,26)(H,27,28)/t20-,21?/m0/s1. The number of nitrogens with one attached hydrogen (secondary N) is 2. The summed E-state index contributed by atoms with van der Waals surface area (Å²) in [5.41, 5.74) is 7.28. The van der Waals surface area contributed by atoms with Crippen LogP contribution < -0.4 is 10.9 Å². The summed E-state index contributed by atoms with van der Waals surface area (Å²) >= 11 is 0. The number of carboxylic acids is 1. The molecule has 28 heavy (non-hydrogen) atoms. The van der Waals surface area contributed by atoms with Crippen LogP contribution in [0.1, 0.15) is 32.3 Å². The van der Waals surface area contributed by atoms with Crippen molar-refractivity contribution in [3.05, 3.63) is 72.3 Å². The van der Waals surface area contributed by atoms with E-state index in [9.17, 15) is 14.7 Å². The minimum atomic E-state index is -0.960. The molecule has 2 rings (SSSR count). The van der Waals surface area contributed by atoms with Gasteiger partial charge in [0.1, 0.15) is 0 Å². The number of hydrazine groups is 1. The minimum absolute atomic E-state index is 0.201. The first-order chi connectivity index (χ1) is 13.5. The summed E-state index contributed by atoms with van der Waals surface area (Å²) < 4.78 is 0. The van der Waals surface area contributed by atoms with E-state index in [0.717, 1.165) is 11.3 Å². The normalized spacial score (nSPS) is 13.2. The summed E-state index contributed by atoms with van der Waals surface area (Å²) in [4.78, 5) is 24.7. The second kappa shape index (κ2) is 10.9. The predicted molar refractivity (Wildman–Crippen MR) is 112 cm³/mol. The molecule has 2 aromatic carbocycles. The van der Waals surface area contributed by atoms with Crippen molar-refractivity contribution in [1.29, 1.82) is 0 Å². The lowest BCUT2D eigenvalue weighted by atomic mass is 9.82. The molecule has 0 bridgehead atoms. The van der Waals surface area contributed by atoms with E-state index in [2.05, 4.69) is 10.9 Å². The zero-order valence-electron chi connectivity index (χ0n) is 16.3. The van der Waals surface area contributed by atoms with Crippen molar-refractivity contribution in [3.63, 3.8) is 0 Å². The fourth-order valence-corrected chi connectivity index (χ4v) is 3.06. The molecule has 2 atom stereocenters. The molecule has 5 nitrogen and oxygen atoms in total. The lowest BCUT2D eigenvalue weighted by molar-refractivity contribution is -0.147. The topological polar surface area (TPSA) is 78.4 Å². The molecule has 5 heteroatoms. The molecule has 0 spiro atoms. The van der Waals surface area contributed by atoms with Gasteiger partial charge in [0.25, 0.3) is 0 Å². The van der Waals surface area contributed by atoms with Gasteiger partial charge in [-0.15, -0.1) is 0 Å². The zero-order valence-corrected chi connectivity index (χ0v) is 16.3. The number of carbonyl (C=O) groups excluding carboxylic acids is 1. The van der Waals surface area contributed by atoms with E-state index in [4.69, 9.17) is 0 Å². The quantitative estimate of drug-likeness (QED) is 0.527. The Morgan fingerprint density at radius 1 is 0.964 bits per heavy atom. The van der Waals surface area contributed by atoms with E-state index in [1.54, 1.807) is 0 Å². The molecule has 0 aliphatic heterocycles. The van der Waals surface area contributed by atoms with Crippen molar-refractivity contribution in [2.24, 2.45) is 17.8 Å². The third kappa shape index (κ3) is 6.91. The first-order valence-corrected chi connectivity index (χ1v) is 9.52. The van der Waals surface area contributed by atoms with Gasteiger partial charge >= 0.3 is 5.97 Å². The molecule has 1 unspecified atom stereocenters. The van der Waals surface area contributed by atoms with E-state index >= 15 is 0 Å². The van der Waals surface area contributed by atoms with Crippen molar-refractivity contribution >= 4 is 23.6 Å². The van der Waals surface area contributed by atoms with Gasteiger partial charge in [0.15, 0.2) is 0 Å². The second-order valence-electron chi connectivity index (χ2n) is 7.21. The number of rotatable bonds is 10. The Labute approximate surface area is 166 Å². The number of hydrogen-bond acceptors (Lipinski definition) is 3. The van der Waals surface area contributed by atoms with Crippen LogP contribution in [-0.2, 0) is 9.59 Å². The van der Waals surface area contributed by atoms with Gasteiger partial charge in [-0.3, -0.25) is 20.4 Å². The molecular weight excluding hydrogens is 352 g/mol. The van der Waals surface area contributed by atoms with Crippen molar-refractivity contribution in [1.82, 2.24) is 5.43 Å². The number of allylic oxidation sites excluding steroid dienone is 1. The van der Waals surface area contributed by atoms with Crippen LogP contribution in [0.3, 0.4) is 0 Å². The van der Waals surface area contributed by atoms with E-state index in [1.165, 1.54) is 0 Å². The molecule has 148 valence electrons. The lowest BCUT2D eigenvalue weighted by Crippen LogP contribution is -2.41. The molecule has 0 fully saturated rings. The lowest BCUT2D eigenvalue weighted by Gasteiger charge is -2.24. The van der Waals surface area contributed by atoms with E-state index in [0.29, 0.717) is 12.8 Å². The maximum atomic E-state index is 12.8. The molecule has 0 heterocycles. The fraction of sp³-hybridized carbons (Fsp3) is 0.304. The van der Waals surface area contributed by atoms with Crippen LogP contribution in [0.2, 0.25) is 0 Å². The molecule has 0 saturated heterocycles.